The van der Waals surface area contributed by atoms with Gasteiger partial charge in [-0.05, 0) is 87.6 Å². The Kier molecular flexibility index (Phi) is 7.41. The maximum atomic E-state index is 11.6. The Morgan fingerprint density at radius 2 is 1.89 bits per heavy atom. The number of benzene rings is 3. The van der Waals surface area contributed by atoms with Crippen molar-refractivity contribution in [2.45, 2.75) is 90.3 Å². The molecule has 10 nitrogen and oxygen atoms in total. The molecule has 3 aromatic carbocycles. The van der Waals surface area contributed by atoms with E-state index in [0.717, 1.165) is 74.7 Å². The fraction of sp³-hybridized carbons (Fsp3) is 0.457. The fourth-order valence-corrected chi connectivity index (χ4v) is 7.08. The van der Waals surface area contributed by atoms with Crippen LogP contribution in [0.3, 0.4) is 0 Å². The number of likely N-dealkylation sites (tertiary alicyclic amines) is 1. The summed E-state index contributed by atoms with van der Waals surface area (Å²) in [7, 11) is -0.428. The van der Waals surface area contributed by atoms with Crippen molar-refractivity contribution in [1.82, 2.24) is 20.2 Å². The Morgan fingerprint density at radius 1 is 1.13 bits per heavy atom. The number of ether oxygens (including phenoxy) is 1. The van der Waals surface area contributed by atoms with E-state index in [4.69, 9.17) is 19.0 Å². The van der Waals surface area contributed by atoms with Gasteiger partial charge in [-0.3, -0.25) is 4.90 Å². The number of aldehydes is 1. The first-order valence-corrected chi connectivity index (χ1v) is 16.1. The monoisotopic (exact) mass is 624 g/mol. The first-order valence-electron chi connectivity index (χ1n) is 16.1. The van der Waals surface area contributed by atoms with Gasteiger partial charge in [0.05, 0.1) is 34.3 Å². The van der Waals surface area contributed by atoms with Gasteiger partial charge in [-0.15, -0.1) is 0 Å². The quantitative estimate of drug-likeness (QED) is 0.180. The van der Waals surface area contributed by atoms with Gasteiger partial charge in [0.2, 0.25) is 0 Å². The van der Waals surface area contributed by atoms with E-state index in [9.17, 15) is 14.7 Å². The summed E-state index contributed by atoms with van der Waals surface area (Å²) in [4.78, 5) is 33.9. The van der Waals surface area contributed by atoms with Crippen LogP contribution in [0.25, 0.3) is 32.9 Å². The molecule has 11 heteroatoms. The van der Waals surface area contributed by atoms with Gasteiger partial charge in [-0.1, -0.05) is 31.2 Å². The standard InChI is InChI=1S/C35H41BN4O6/c1-19(17-41)28(38-33(42)43)16-40-20(2)7-12-29(40)32-37-27-11-8-21-14-26-24-10-9-23(36-45-34(3,4)35(5,6)46-36)13-22(24)18-44-30(26)15-25(21)31(27)39-32/h8-11,13-15,17,19-20,28-29,38H,7,12,16,18H2,1-6H3,(H,37,39)(H,42,43)/t19?,20-,28?,29-/m0/s1. The second-order valence-electron chi connectivity index (χ2n) is 14.1. The summed E-state index contributed by atoms with van der Waals surface area (Å²) in [5.74, 6) is 1.23. The van der Waals surface area contributed by atoms with Crippen molar-refractivity contribution in [3.8, 4) is 16.9 Å². The predicted molar refractivity (Wildman–Crippen MR) is 177 cm³/mol. The fourth-order valence-electron chi connectivity index (χ4n) is 7.08. The molecule has 4 aromatic rings. The number of nitrogens with zero attached hydrogens (tertiary/aromatic N) is 2. The van der Waals surface area contributed by atoms with Crippen molar-refractivity contribution in [3.63, 3.8) is 0 Å². The summed E-state index contributed by atoms with van der Waals surface area (Å²) in [5.41, 5.74) is 5.27. The highest BCUT2D eigenvalue weighted by molar-refractivity contribution is 6.62. The highest BCUT2D eigenvalue weighted by atomic mass is 16.7. The molecule has 240 valence electrons. The molecule has 0 saturated carbocycles. The Labute approximate surface area is 268 Å². The number of rotatable bonds is 7. The van der Waals surface area contributed by atoms with E-state index in [1.165, 1.54) is 0 Å². The lowest BCUT2D eigenvalue weighted by Gasteiger charge is -2.32. The van der Waals surface area contributed by atoms with Crippen LogP contribution < -0.4 is 15.5 Å². The maximum absolute atomic E-state index is 11.6. The molecule has 7 rings (SSSR count). The van der Waals surface area contributed by atoms with Crippen molar-refractivity contribution >= 4 is 46.8 Å². The van der Waals surface area contributed by atoms with Crippen LogP contribution in [0.5, 0.6) is 5.75 Å². The Morgan fingerprint density at radius 3 is 2.61 bits per heavy atom. The molecule has 2 saturated heterocycles. The van der Waals surface area contributed by atoms with Crippen molar-refractivity contribution in [3.05, 3.63) is 53.9 Å². The van der Waals surface area contributed by atoms with Gasteiger partial charge >= 0.3 is 13.2 Å². The lowest BCUT2D eigenvalue weighted by Crippen LogP contribution is -2.48. The minimum atomic E-state index is -1.13. The van der Waals surface area contributed by atoms with Crippen molar-refractivity contribution in [2.75, 3.05) is 6.54 Å². The number of nitrogens with one attached hydrogen (secondary N) is 2. The number of imidazole rings is 1. The van der Waals surface area contributed by atoms with Gasteiger partial charge in [0.1, 0.15) is 24.5 Å². The topological polar surface area (TPSA) is 126 Å². The number of H-pyrrole nitrogens is 1. The smallest absolute Gasteiger partial charge is 0.488 e. The summed E-state index contributed by atoms with van der Waals surface area (Å²) in [6.07, 6.45) is 1.52. The van der Waals surface area contributed by atoms with Crippen LogP contribution in [-0.2, 0) is 20.7 Å². The number of carboxylic acid groups (broad SMARTS) is 1. The van der Waals surface area contributed by atoms with Crippen molar-refractivity contribution in [2.24, 2.45) is 5.92 Å². The molecular weight excluding hydrogens is 583 g/mol. The second-order valence-corrected chi connectivity index (χ2v) is 14.1. The normalized spacial score (nSPS) is 23.1. The molecule has 1 amide bonds. The zero-order chi connectivity index (χ0) is 32.5. The molecule has 4 atom stereocenters. The first kappa shape index (κ1) is 30.7. The average molecular weight is 625 g/mol. The minimum absolute atomic E-state index is 0.0201. The van der Waals surface area contributed by atoms with Crippen molar-refractivity contribution < 1.29 is 28.7 Å². The van der Waals surface area contributed by atoms with E-state index in [2.05, 4.69) is 86.2 Å². The van der Waals surface area contributed by atoms with Crippen LogP contribution in [0.2, 0.25) is 0 Å². The summed E-state index contributed by atoms with van der Waals surface area (Å²) in [6.45, 7) is 13.0. The zero-order valence-corrected chi connectivity index (χ0v) is 27.2. The second kappa shape index (κ2) is 11.1. The van der Waals surface area contributed by atoms with E-state index < -0.39 is 36.4 Å². The molecule has 0 spiro atoms. The Hall–Kier alpha value is -3.93. The molecule has 0 bridgehead atoms. The third kappa shape index (κ3) is 5.14. The van der Waals surface area contributed by atoms with Crippen molar-refractivity contribution in [1.29, 1.82) is 0 Å². The third-order valence-corrected chi connectivity index (χ3v) is 10.6. The van der Waals surface area contributed by atoms with Crippen LogP contribution in [-0.4, -0.2) is 69.3 Å². The van der Waals surface area contributed by atoms with E-state index in [-0.39, 0.29) is 12.1 Å². The zero-order valence-electron chi connectivity index (χ0n) is 27.2. The number of aromatic nitrogens is 2. The van der Waals surface area contributed by atoms with Crippen LogP contribution in [0.4, 0.5) is 4.79 Å². The minimum Gasteiger partial charge on any atom is -0.488 e. The van der Waals surface area contributed by atoms with Crippen LogP contribution in [0.15, 0.2) is 42.5 Å². The molecule has 4 heterocycles. The van der Waals surface area contributed by atoms with E-state index in [1.807, 2.05) is 6.07 Å². The molecule has 3 aliphatic heterocycles. The highest BCUT2D eigenvalue weighted by Crippen LogP contribution is 2.43. The number of hydrogen-bond donors (Lipinski definition) is 3. The van der Waals surface area contributed by atoms with Gasteiger partial charge in [0.25, 0.3) is 0 Å². The number of fused-ring (bicyclic) bond motifs is 6. The van der Waals surface area contributed by atoms with Crippen LogP contribution in [0, 0.1) is 5.92 Å². The summed E-state index contributed by atoms with van der Waals surface area (Å²) in [5, 5.41) is 14.1. The maximum Gasteiger partial charge on any atom is 0.494 e. The molecule has 2 fully saturated rings. The largest absolute Gasteiger partial charge is 0.494 e. The molecule has 3 N–H and O–H groups in total. The van der Waals surface area contributed by atoms with Gasteiger partial charge in [-0.2, -0.15) is 0 Å². The van der Waals surface area contributed by atoms with Crippen LogP contribution >= 0.6 is 0 Å². The van der Waals surface area contributed by atoms with Gasteiger partial charge in [0.15, 0.2) is 0 Å². The van der Waals surface area contributed by atoms with Gasteiger partial charge < -0.3 is 34.2 Å². The molecule has 2 unspecified atom stereocenters. The van der Waals surface area contributed by atoms with Crippen LogP contribution in [0.1, 0.15) is 71.8 Å². The molecule has 0 aliphatic carbocycles. The number of amides is 1. The molecular formula is C35H41BN4O6. The highest BCUT2D eigenvalue weighted by Gasteiger charge is 2.51. The third-order valence-electron chi connectivity index (χ3n) is 10.6. The number of hydrogen-bond acceptors (Lipinski definition) is 7. The van der Waals surface area contributed by atoms with E-state index >= 15 is 0 Å². The van der Waals surface area contributed by atoms with E-state index in [1.54, 1.807) is 6.92 Å². The Bertz CT molecular complexity index is 1840. The molecule has 3 aliphatic rings. The lowest BCUT2D eigenvalue weighted by atomic mass is 9.77. The Balaban J connectivity index is 1.20. The molecule has 0 radical (unpaired) electrons. The SMILES string of the molecule is CC(C=O)C(CN1[C@@H](C)CC[C@H]1c1nc2ccc3cc4c(cc3c2[nH]1)OCc1cc(B2OC(C)(C)C(C)(C)O2)ccc1-4)NC(=O)O. The summed E-state index contributed by atoms with van der Waals surface area (Å²) in [6, 6.07) is 14.5. The summed E-state index contributed by atoms with van der Waals surface area (Å²) < 4.78 is 18.9. The molecule has 46 heavy (non-hydrogen) atoms. The molecule has 1 aromatic heterocycles. The number of carbonyl (C=O) groups is 2. The number of carbonyl (C=O) groups excluding carboxylic acids is 1. The summed E-state index contributed by atoms with van der Waals surface area (Å²) >= 11 is 0. The van der Waals surface area contributed by atoms with Gasteiger partial charge in [0, 0.05) is 29.5 Å². The number of aromatic amines is 1. The average Bonchev–Trinajstić information content (AvgIpc) is 3.67. The lowest BCUT2D eigenvalue weighted by molar-refractivity contribution is -0.111. The first-order chi connectivity index (χ1) is 21.8. The predicted octanol–water partition coefficient (Wildman–Crippen LogP) is 5.57. The van der Waals surface area contributed by atoms with E-state index in [0.29, 0.717) is 13.2 Å². The van der Waals surface area contributed by atoms with Gasteiger partial charge in [-0.25, -0.2) is 9.78 Å².